The van der Waals surface area contributed by atoms with Crippen molar-refractivity contribution in [2.75, 3.05) is 32.8 Å². The summed E-state index contributed by atoms with van der Waals surface area (Å²) in [6, 6.07) is 10.9. The number of hydrogen-bond donors (Lipinski definition) is 1. The molecule has 2 saturated heterocycles. The van der Waals surface area contributed by atoms with Gasteiger partial charge in [-0.3, -0.25) is 9.69 Å². The van der Waals surface area contributed by atoms with E-state index in [-0.39, 0.29) is 42.0 Å². The van der Waals surface area contributed by atoms with Crippen LogP contribution in [0.3, 0.4) is 0 Å². The fourth-order valence-electron chi connectivity index (χ4n) is 6.01. The van der Waals surface area contributed by atoms with Crippen LogP contribution in [-0.4, -0.2) is 65.3 Å². The van der Waals surface area contributed by atoms with Gasteiger partial charge < -0.3 is 24.2 Å². The zero-order valence-corrected chi connectivity index (χ0v) is 23.4. The van der Waals surface area contributed by atoms with Gasteiger partial charge in [0.1, 0.15) is 22.8 Å². The molecular weight excluding hydrogens is 504 g/mol. The van der Waals surface area contributed by atoms with Crippen LogP contribution in [0.5, 0.6) is 17.2 Å². The number of fused-ring (bicyclic) bond motifs is 3. The molecule has 2 aromatic rings. The quantitative estimate of drug-likeness (QED) is 0.493. The van der Waals surface area contributed by atoms with Crippen LogP contribution in [0.2, 0.25) is 5.02 Å². The molecule has 0 aromatic heterocycles. The molecule has 3 heterocycles. The van der Waals surface area contributed by atoms with Gasteiger partial charge >= 0.3 is 0 Å². The Morgan fingerprint density at radius 2 is 1.87 bits per heavy atom. The van der Waals surface area contributed by atoms with Gasteiger partial charge in [-0.15, -0.1) is 0 Å². The summed E-state index contributed by atoms with van der Waals surface area (Å²) in [7, 11) is 0. The third-order valence-corrected chi connectivity index (χ3v) is 8.45. The van der Waals surface area contributed by atoms with Crippen molar-refractivity contribution >= 4 is 17.5 Å². The highest BCUT2D eigenvalue weighted by Gasteiger charge is 2.47. The number of nitrogens with zero attached hydrogens (tertiary/aromatic N) is 2. The molecule has 1 amide bonds. The summed E-state index contributed by atoms with van der Waals surface area (Å²) in [5.74, 6) is 1.95. The molecule has 0 aliphatic carbocycles. The molecule has 3 atom stereocenters. The summed E-state index contributed by atoms with van der Waals surface area (Å²) in [5, 5.41) is 11.6. The molecule has 0 unspecified atom stereocenters. The molecule has 8 heteroatoms. The predicted octanol–water partition coefficient (Wildman–Crippen LogP) is 5.58. The van der Waals surface area contributed by atoms with E-state index in [0.717, 1.165) is 55.6 Å². The van der Waals surface area contributed by atoms with E-state index in [1.54, 1.807) is 24.3 Å². The second-order valence-electron chi connectivity index (χ2n) is 11.3. The zero-order chi connectivity index (χ0) is 26.9. The number of rotatable bonds is 7. The maximum atomic E-state index is 12.6. The normalized spacial score (nSPS) is 24.7. The number of halogens is 1. The fourth-order valence-corrected chi connectivity index (χ4v) is 6.14. The number of phenolic OH excluding ortho intramolecular Hbond substituents is 1. The molecule has 5 rings (SSSR count). The maximum absolute atomic E-state index is 12.6. The van der Waals surface area contributed by atoms with Gasteiger partial charge in [-0.05, 0) is 69.5 Å². The lowest BCUT2D eigenvalue weighted by molar-refractivity contribution is -0.151. The van der Waals surface area contributed by atoms with Crippen molar-refractivity contribution < 1.29 is 24.1 Å². The number of carbonyl (C=O) groups is 1. The highest BCUT2D eigenvalue weighted by molar-refractivity contribution is 6.30. The molecule has 0 saturated carbocycles. The Labute approximate surface area is 230 Å². The highest BCUT2D eigenvalue weighted by atomic mass is 35.5. The van der Waals surface area contributed by atoms with Crippen LogP contribution >= 0.6 is 11.6 Å². The highest BCUT2D eigenvalue weighted by Crippen LogP contribution is 2.52. The van der Waals surface area contributed by atoms with Gasteiger partial charge in [0.15, 0.2) is 6.61 Å². The minimum absolute atomic E-state index is 0.00368. The molecule has 0 spiro atoms. The molecule has 1 N–H and O–H groups in total. The molecule has 3 aliphatic heterocycles. The van der Waals surface area contributed by atoms with Crippen LogP contribution in [0.25, 0.3) is 0 Å². The molecule has 7 nitrogen and oxygen atoms in total. The van der Waals surface area contributed by atoms with Crippen LogP contribution in [0.4, 0.5) is 0 Å². The number of benzene rings is 2. The number of carbonyl (C=O) groups excluding carboxylic acids is 1. The third kappa shape index (κ3) is 5.90. The van der Waals surface area contributed by atoms with E-state index in [0.29, 0.717) is 30.4 Å². The van der Waals surface area contributed by atoms with Crippen molar-refractivity contribution in [1.29, 1.82) is 0 Å². The third-order valence-electron chi connectivity index (χ3n) is 8.19. The smallest absolute Gasteiger partial charge is 0.260 e. The Bertz CT molecular complexity index is 1130. The van der Waals surface area contributed by atoms with E-state index < -0.39 is 0 Å². The lowest BCUT2D eigenvalue weighted by atomic mass is 9.74. The van der Waals surface area contributed by atoms with Gasteiger partial charge in [-0.25, -0.2) is 0 Å². The van der Waals surface area contributed by atoms with Gasteiger partial charge in [-0.2, -0.15) is 0 Å². The molecular formula is C30H39ClN2O5. The monoisotopic (exact) mass is 542 g/mol. The maximum Gasteiger partial charge on any atom is 0.260 e. The van der Waals surface area contributed by atoms with Gasteiger partial charge in [0.05, 0.1) is 12.2 Å². The number of aromatic hydroxyl groups is 1. The van der Waals surface area contributed by atoms with Gasteiger partial charge in [0.2, 0.25) is 0 Å². The second-order valence-corrected chi connectivity index (χ2v) is 11.7. The number of phenols is 1. The van der Waals surface area contributed by atoms with E-state index in [4.69, 9.17) is 25.8 Å². The Hall–Kier alpha value is -2.48. The topological polar surface area (TPSA) is 71.5 Å². The number of piperazine rings is 1. The summed E-state index contributed by atoms with van der Waals surface area (Å²) >= 11 is 5.90. The van der Waals surface area contributed by atoms with E-state index >= 15 is 0 Å². The van der Waals surface area contributed by atoms with Crippen LogP contribution in [-0.2, 0) is 16.1 Å². The Morgan fingerprint density at radius 1 is 1.13 bits per heavy atom. The largest absolute Gasteiger partial charge is 0.508 e. The lowest BCUT2D eigenvalue weighted by Crippen LogP contribution is -2.49. The molecule has 2 aromatic carbocycles. The van der Waals surface area contributed by atoms with Crippen molar-refractivity contribution in [2.24, 2.45) is 5.92 Å². The lowest BCUT2D eigenvalue weighted by Gasteiger charge is -2.49. The summed E-state index contributed by atoms with van der Waals surface area (Å²) in [4.78, 5) is 16.7. The van der Waals surface area contributed by atoms with Crippen molar-refractivity contribution in [1.82, 2.24) is 9.80 Å². The molecule has 3 aliphatic rings. The van der Waals surface area contributed by atoms with Crippen LogP contribution in [0.1, 0.15) is 63.7 Å². The number of hydrogen-bond acceptors (Lipinski definition) is 6. The summed E-state index contributed by atoms with van der Waals surface area (Å²) in [6.45, 7) is 9.78. The fraction of sp³-hybridized carbons (Fsp3) is 0.567. The Kier molecular flexibility index (Phi) is 8.08. The molecule has 0 radical (unpaired) electrons. The van der Waals surface area contributed by atoms with E-state index in [2.05, 4.69) is 25.7 Å². The summed E-state index contributed by atoms with van der Waals surface area (Å²) in [5.41, 5.74) is 1.47. The van der Waals surface area contributed by atoms with Crippen LogP contribution < -0.4 is 9.47 Å². The van der Waals surface area contributed by atoms with Gasteiger partial charge in [-0.1, -0.05) is 24.9 Å². The number of ether oxygens (including phenoxy) is 3. The van der Waals surface area contributed by atoms with E-state index in [1.807, 2.05) is 17.0 Å². The van der Waals surface area contributed by atoms with Crippen LogP contribution in [0.15, 0.2) is 36.4 Å². The van der Waals surface area contributed by atoms with Crippen molar-refractivity contribution in [2.45, 2.75) is 70.8 Å². The zero-order valence-electron chi connectivity index (χ0n) is 22.6. The summed E-state index contributed by atoms with van der Waals surface area (Å²) < 4.78 is 18.7. The predicted molar refractivity (Wildman–Crippen MR) is 147 cm³/mol. The minimum atomic E-state index is -0.330. The van der Waals surface area contributed by atoms with Gasteiger partial charge in [0.25, 0.3) is 5.91 Å². The van der Waals surface area contributed by atoms with Crippen LogP contribution in [0, 0.1) is 5.92 Å². The molecule has 206 valence electrons. The number of amides is 1. The first kappa shape index (κ1) is 27.1. The first-order valence-corrected chi connectivity index (χ1v) is 14.2. The average Bonchev–Trinajstić information content (AvgIpc) is 2.90. The second kappa shape index (κ2) is 11.3. The molecule has 0 bridgehead atoms. The Morgan fingerprint density at radius 3 is 2.58 bits per heavy atom. The average molecular weight is 543 g/mol. The molecule has 38 heavy (non-hydrogen) atoms. The summed E-state index contributed by atoms with van der Waals surface area (Å²) in [6.07, 6.45) is 4.50. The first-order chi connectivity index (χ1) is 18.2. The standard InChI is InChI=1S/C30H39ClN2O5/c1-4-5-23-10-11-25-29(37-23)24-17-26(34)20(16-27(24)38-30(25,2)3)18-32-12-14-33(15-13-32)28(35)19-36-22-8-6-21(31)7-9-22/h6-9,16-17,23,25,29,34H,4-5,10-15,18-19H2,1-3H3/t23-,25-,29+/m1/s1. The Balaban J connectivity index is 1.20. The SMILES string of the molecule is CCC[C@@H]1CC[C@@H]2[C@@H](O1)c1cc(O)c(CN3CCN(C(=O)COc4ccc(Cl)cc4)CC3)cc1OC2(C)C. The van der Waals surface area contributed by atoms with E-state index in [9.17, 15) is 9.90 Å². The first-order valence-electron chi connectivity index (χ1n) is 13.8. The minimum Gasteiger partial charge on any atom is -0.508 e. The van der Waals surface area contributed by atoms with Crippen molar-refractivity contribution in [3.63, 3.8) is 0 Å². The van der Waals surface area contributed by atoms with E-state index in [1.165, 1.54) is 0 Å². The van der Waals surface area contributed by atoms with Crippen molar-refractivity contribution in [3.05, 3.63) is 52.5 Å². The van der Waals surface area contributed by atoms with Crippen molar-refractivity contribution in [3.8, 4) is 17.2 Å². The van der Waals surface area contributed by atoms with Gasteiger partial charge in [0, 0.05) is 54.8 Å². The molecule has 2 fully saturated rings.